The van der Waals surface area contributed by atoms with Gasteiger partial charge in [-0.15, -0.1) is 0 Å². The first-order valence-corrected chi connectivity index (χ1v) is 11.7. The van der Waals surface area contributed by atoms with Crippen molar-refractivity contribution in [1.82, 2.24) is 0 Å². The molecule has 10 nitrogen and oxygen atoms in total. The Morgan fingerprint density at radius 3 is 1.05 bits per heavy atom. The van der Waals surface area contributed by atoms with Crippen molar-refractivity contribution in [3.05, 3.63) is 57.6 Å². The molecule has 0 aliphatic rings. The number of benzene rings is 3. The fourth-order valence-electron chi connectivity index (χ4n) is 3.55. The molecule has 0 spiro atoms. The van der Waals surface area contributed by atoms with E-state index in [1.165, 1.54) is 79.1 Å². The molecule has 0 heterocycles. The Kier molecular flexibility index (Phi) is 9.38. The Balaban J connectivity index is 1.86. The van der Waals surface area contributed by atoms with E-state index in [0.717, 1.165) is 0 Å². The van der Waals surface area contributed by atoms with E-state index in [9.17, 15) is 9.59 Å². The highest BCUT2D eigenvalue weighted by Crippen LogP contribution is 2.40. The fraction of sp³-hybridized carbons (Fsp3) is 0.231. The number of methoxy groups -OCH3 is 6. The van der Waals surface area contributed by atoms with E-state index in [2.05, 4.69) is 10.6 Å². The van der Waals surface area contributed by atoms with E-state index in [0.29, 0.717) is 34.5 Å². The number of amides is 2. The van der Waals surface area contributed by atoms with Gasteiger partial charge in [0.05, 0.1) is 64.1 Å². The highest BCUT2D eigenvalue weighted by molar-refractivity contribution is 6.38. The van der Waals surface area contributed by atoms with Crippen molar-refractivity contribution in [1.29, 1.82) is 0 Å². The minimum absolute atomic E-state index is 0.135. The zero-order valence-corrected chi connectivity index (χ0v) is 23.0. The third kappa shape index (κ3) is 5.92. The average Bonchev–Trinajstić information content (AvgIpc) is 2.93. The fourth-order valence-corrected chi connectivity index (χ4v) is 3.97. The molecule has 0 saturated heterocycles. The monoisotopic (exact) mass is 564 g/mol. The summed E-state index contributed by atoms with van der Waals surface area (Å²) in [6.07, 6.45) is 0. The summed E-state index contributed by atoms with van der Waals surface area (Å²) >= 11 is 12.8. The van der Waals surface area contributed by atoms with E-state index in [-0.39, 0.29) is 32.5 Å². The molecule has 0 aromatic heterocycles. The normalized spacial score (nSPS) is 10.3. The maximum atomic E-state index is 13.0. The van der Waals surface area contributed by atoms with Gasteiger partial charge in [0, 0.05) is 11.1 Å². The highest BCUT2D eigenvalue weighted by atomic mass is 35.5. The second-order valence-corrected chi connectivity index (χ2v) is 8.36. The lowest BCUT2D eigenvalue weighted by molar-refractivity contribution is 0.101. The van der Waals surface area contributed by atoms with Gasteiger partial charge < -0.3 is 39.1 Å². The molecule has 0 saturated carbocycles. The molecule has 3 aromatic rings. The van der Waals surface area contributed by atoms with Crippen LogP contribution in [0.2, 0.25) is 10.0 Å². The van der Waals surface area contributed by atoms with Crippen molar-refractivity contribution in [3.63, 3.8) is 0 Å². The number of anilines is 2. The van der Waals surface area contributed by atoms with Gasteiger partial charge in [-0.1, -0.05) is 23.2 Å². The van der Waals surface area contributed by atoms with E-state index >= 15 is 0 Å². The molecule has 0 aliphatic heterocycles. The van der Waals surface area contributed by atoms with Crippen LogP contribution in [-0.2, 0) is 0 Å². The number of carbonyl (C=O) groups is 2. The minimum atomic E-state index is -0.503. The van der Waals surface area contributed by atoms with Crippen LogP contribution in [0.5, 0.6) is 34.5 Å². The van der Waals surface area contributed by atoms with Gasteiger partial charge in [0.1, 0.15) is 0 Å². The van der Waals surface area contributed by atoms with Crippen molar-refractivity contribution in [2.24, 2.45) is 0 Å². The van der Waals surface area contributed by atoms with Gasteiger partial charge in [0.25, 0.3) is 11.8 Å². The first-order chi connectivity index (χ1) is 18.2. The van der Waals surface area contributed by atoms with Crippen LogP contribution in [0.4, 0.5) is 11.4 Å². The Morgan fingerprint density at radius 2 is 0.816 bits per heavy atom. The van der Waals surface area contributed by atoms with E-state index < -0.39 is 11.8 Å². The number of halogens is 2. The smallest absolute Gasteiger partial charge is 0.255 e. The molecule has 0 radical (unpaired) electrons. The summed E-state index contributed by atoms with van der Waals surface area (Å²) in [5.41, 5.74) is 0.903. The average molecular weight is 565 g/mol. The zero-order valence-electron chi connectivity index (χ0n) is 21.5. The summed E-state index contributed by atoms with van der Waals surface area (Å²) < 4.78 is 31.8. The summed E-state index contributed by atoms with van der Waals surface area (Å²) in [6, 6.07) is 8.84. The maximum Gasteiger partial charge on any atom is 0.255 e. The number of rotatable bonds is 10. The van der Waals surface area contributed by atoms with Crippen molar-refractivity contribution in [2.45, 2.75) is 0 Å². The van der Waals surface area contributed by atoms with Crippen LogP contribution < -0.4 is 39.1 Å². The van der Waals surface area contributed by atoms with Crippen LogP contribution in [0, 0.1) is 0 Å². The summed E-state index contributed by atoms with van der Waals surface area (Å²) in [5, 5.41) is 5.66. The number of ether oxygens (including phenoxy) is 6. The van der Waals surface area contributed by atoms with Crippen LogP contribution >= 0.6 is 23.2 Å². The molecule has 0 bridgehead atoms. The van der Waals surface area contributed by atoms with Crippen LogP contribution in [0.25, 0.3) is 0 Å². The molecule has 2 amide bonds. The van der Waals surface area contributed by atoms with Gasteiger partial charge in [-0.3, -0.25) is 9.59 Å². The number of hydrogen-bond donors (Lipinski definition) is 2. The largest absolute Gasteiger partial charge is 0.493 e. The Morgan fingerprint density at radius 1 is 0.526 bits per heavy atom. The molecule has 0 unspecified atom stereocenters. The number of hydrogen-bond acceptors (Lipinski definition) is 8. The predicted molar refractivity (Wildman–Crippen MR) is 145 cm³/mol. The summed E-state index contributed by atoms with van der Waals surface area (Å²) in [6.45, 7) is 0. The minimum Gasteiger partial charge on any atom is -0.493 e. The third-order valence-electron chi connectivity index (χ3n) is 5.41. The van der Waals surface area contributed by atoms with E-state index in [4.69, 9.17) is 51.6 Å². The third-order valence-corrected chi connectivity index (χ3v) is 6.03. The van der Waals surface area contributed by atoms with Crippen molar-refractivity contribution in [2.75, 3.05) is 53.3 Å². The van der Waals surface area contributed by atoms with Crippen LogP contribution in [-0.4, -0.2) is 54.5 Å². The summed E-state index contributed by atoms with van der Waals surface area (Å²) in [5.74, 6) is 0.932. The molecule has 202 valence electrons. The Hall–Kier alpha value is -4.02. The van der Waals surface area contributed by atoms with Crippen LogP contribution in [0.3, 0.4) is 0 Å². The highest BCUT2D eigenvalue weighted by Gasteiger charge is 2.20. The first kappa shape index (κ1) is 28.5. The molecule has 0 fully saturated rings. The first-order valence-electron chi connectivity index (χ1n) is 10.9. The molecule has 12 heteroatoms. The molecule has 38 heavy (non-hydrogen) atoms. The molecule has 2 N–H and O–H groups in total. The van der Waals surface area contributed by atoms with Gasteiger partial charge in [0.2, 0.25) is 11.5 Å². The standard InChI is InChI=1S/C26H26Cl2N2O8/c1-33-19-7-13(8-20(34-2)23(19)37-5)25(31)29-17-11-16(28)18(12-15(17)27)30-26(32)14-9-21(35-3)24(38-6)22(10-14)36-4/h7-12H,1-6H3,(H,29,31)(H,30,32). The van der Waals surface area contributed by atoms with E-state index in [1.807, 2.05) is 0 Å². The van der Waals surface area contributed by atoms with E-state index in [1.54, 1.807) is 0 Å². The van der Waals surface area contributed by atoms with Gasteiger partial charge >= 0.3 is 0 Å². The molecular weight excluding hydrogens is 539 g/mol. The van der Waals surface area contributed by atoms with Crippen molar-refractivity contribution < 1.29 is 38.0 Å². The SMILES string of the molecule is COc1cc(C(=O)Nc2cc(Cl)c(NC(=O)c3cc(OC)c(OC)c(OC)c3)cc2Cl)cc(OC)c1OC. The Bertz CT molecular complexity index is 1210. The van der Waals surface area contributed by atoms with Crippen LogP contribution in [0.15, 0.2) is 36.4 Å². The summed E-state index contributed by atoms with van der Waals surface area (Å²) in [4.78, 5) is 25.9. The van der Waals surface area contributed by atoms with Gasteiger partial charge in [-0.2, -0.15) is 0 Å². The van der Waals surface area contributed by atoms with Crippen molar-refractivity contribution in [3.8, 4) is 34.5 Å². The van der Waals surface area contributed by atoms with Gasteiger partial charge in [-0.05, 0) is 36.4 Å². The van der Waals surface area contributed by atoms with Gasteiger partial charge in [-0.25, -0.2) is 0 Å². The molecule has 0 atom stereocenters. The molecule has 3 rings (SSSR count). The lowest BCUT2D eigenvalue weighted by atomic mass is 10.1. The lowest BCUT2D eigenvalue weighted by Crippen LogP contribution is -2.15. The quantitative estimate of drug-likeness (QED) is 0.329. The zero-order chi connectivity index (χ0) is 28.0. The summed E-state index contributed by atoms with van der Waals surface area (Å²) in [7, 11) is 8.71. The maximum absolute atomic E-state index is 13.0. The second-order valence-electron chi connectivity index (χ2n) is 7.55. The predicted octanol–water partition coefficient (Wildman–Crippen LogP) is 5.55. The second kappa shape index (κ2) is 12.5. The number of nitrogens with one attached hydrogen (secondary N) is 2. The van der Waals surface area contributed by atoms with Crippen LogP contribution in [0.1, 0.15) is 20.7 Å². The Labute approximate surface area is 229 Å². The molecule has 0 aliphatic carbocycles. The van der Waals surface area contributed by atoms with Gasteiger partial charge in [0.15, 0.2) is 23.0 Å². The molecule has 3 aromatic carbocycles. The van der Waals surface area contributed by atoms with Crippen molar-refractivity contribution >= 4 is 46.4 Å². The lowest BCUT2D eigenvalue weighted by Gasteiger charge is -2.16. The number of carbonyl (C=O) groups excluding carboxylic acids is 2. The topological polar surface area (TPSA) is 114 Å². The molecular formula is C26H26Cl2N2O8.